The summed E-state index contributed by atoms with van der Waals surface area (Å²) in [7, 11) is 1.93. The van der Waals surface area contributed by atoms with E-state index in [0.29, 0.717) is 12.0 Å². The Kier molecular flexibility index (Phi) is 1.08. The standard InChI is InChI=1S/C7H11N3/c1-10-4-5(3-9-10)6-2-7(6)8/h3-4,6-7H,2,8H2,1H3/t6-,7+/m0/s1. The molecule has 1 aromatic heterocycles. The number of nitrogens with zero attached hydrogens (tertiary/aromatic N) is 2. The summed E-state index contributed by atoms with van der Waals surface area (Å²) in [6, 6.07) is 0.393. The van der Waals surface area contributed by atoms with Gasteiger partial charge in [0, 0.05) is 25.2 Å². The molecule has 2 N–H and O–H groups in total. The molecule has 0 radical (unpaired) electrons. The maximum atomic E-state index is 5.67. The molecule has 1 heterocycles. The first-order chi connectivity index (χ1) is 4.77. The van der Waals surface area contributed by atoms with E-state index in [0.717, 1.165) is 6.42 Å². The molecule has 1 aliphatic rings. The predicted octanol–water partition coefficient (Wildman–Crippen LogP) is 0.235. The first-order valence-electron chi connectivity index (χ1n) is 3.51. The molecule has 1 fully saturated rings. The Balaban J connectivity index is 2.20. The summed E-state index contributed by atoms with van der Waals surface area (Å²) in [5.41, 5.74) is 6.96. The van der Waals surface area contributed by atoms with Gasteiger partial charge in [0.05, 0.1) is 6.20 Å². The van der Waals surface area contributed by atoms with E-state index in [-0.39, 0.29) is 0 Å². The maximum absolute atomic E-state index is 5.67. The topological polar surface area (TPSA) is 43.8 Å². The quantitative estimate of drug-likeness (QED) is 0.602. The van der Waals surface area contributed by atoms with Gasteiger partial charge in [0.1, 0.15) is 0 Å². The zero-order valence-electron chi connectivity index (χ0n) is 5.99. The Labute approximate surface area is 59.8 Å². The minimum absolute atomic E-state index is 0.393. The first-order valence-corrected chi connectivity index (χ1v) is 3.51. The summed E-state index contributed by atoms with van der Waals surface area (Å²) in [5.74, 6) is 0.591. The van der Waals surface area contributed by atoms with E-state index in [1.165, 1.54) is 5.56 Å². The summed E-state index contributed by atoms with van der Waals surface area (Å²) in [4.78, 5) is 0. The largest absolute Gasteiger partial charge is 0.327 e. The normalized spacial score (nSPS) is 30.6. The lowest BCUT2D eigenvalue weighted by Crippen LogP contribution is -2.00. The molecule has 0 spiro atoms. The highest BCUT2D eigenvalue weighted by Gasteiger charge is 2.35. The molecular formula is C7H11N3. The second kappa shape index (κ2) is 1.83. The molecule has 3 heteroatoms. The van der Waals surface area contributed by atoms with E-state index < -0.39 is 0 Å². The van der Waals surface area contributed by atoms with Crippen molar-refractivity contribution in [1.82, 2.24) is 9.78 Å². The van der Waals surface area contributed by atoms with E-state index in [4.69, 9.17) is 5.73 Å². The fraction of sp³-hybridized carbons (Fsp3) is 0.571. The highest BCUT2D eigenvalue weighted by atomic mass is 15.2. The summed E-state index contributed by atoms with van der Waals surface area (Å²) in [5, 5.41) is 4.07. The fourth-order valence-corrected chi connectivity index (χ4v) is 1.23. The summed E-state index contributed by atoms with van der Waals surface area (Å²) in [6.45, 7) is 0. The number of nitrogens with two attached hydrogens (primary N) is 1. The predicted molar refractivity (Wildman–Crippen MR) is 38.5 cm³/mol. The third-order valence-electron chi connectivity index (χ3n) is 1.99. The minimum Gasteiger partial charge on any atom is -0.327 e. The van der Waals surface area contributed by atoms with Crippen molar-refractivity contribution in [2.45, 2.75) is 18.4 Å². The van der Waals surface area contributed by atoms with E-state index in [2.05, 4.69) is 5.10 Å². The van der Waals surface area contributed by atoms with Crippen LogP contribution in [-0.4, -0.2) is 15.8 Å². The monoisotopic (exact) mass is 137 g/mol. The molecule has 0 amide bonds. The van der Waals surface area contributed by atoms with Crippen LogP contribution in [-0.2, 0) is 7.05 Å². The smallest absolute Gasteiger partial charge is 0.0525 e. The van der Waals surface area contributed by atoms with Crippen LogP contribution >= 0.6 is 0 Å². The van der Waals surface area contributed by atoms with Gasteiger partial charge >= 0.3 is 0 Å². The Bertz CT molecular complexity index is 241. The van der Waals surface area contributed by atoms with Gasteiger partial charge in [0.15, 0.2) is 0 Å². The van der Waals surface area contributed by atoms with Crippen LogP contribution in [0.5, 0.6) is 0 Å². The zero-order chi connectivity index (χ0) is 7.14. The molecule has 1 saturated carbocycles. The van der Waals surface area contributed by atoms with Crippen LogP contribution in [0, 0.1) is 0 Å². The molecule has 10 heavy (non-hydrogen) atoms. The number of hydrogen-bond donors (Lipinski definition) is 1. The summed E-state index contributed by atoms with van der Waals surface area (Å²) in [6.07, 6.45) is 5.07. The van der Waals surface area contributed by atoms with Crippen LogP contribution in [0.4, 0.5) is 0 Å². The van der Waals surface area contributed by atoms with Crippen LogP contribution in [0.2, 0.25) is 0 Å². The van der Waals surface area contributed by atoms with Gasteiger partial charge in [0.25, 0.3) is 0 Å². The van der Waals surface area contributed by atoms with Crippen LogP contribution in [0.25, 0.3) is 0 Å². The molecule has 0 unspecified atom stereocenters. The fourth-order valence-electron chi connectivity index (χ4n) is 1.23. The Morgan fingerprint density at radius 1 is 1.80 bits per heavy atom. The van der Waals surface area contributed by atoms with Gasteiger partial charge in [0.2, 0.25) is 0 Å². The highest BCUT2D eigenvalue weighted by molar-refractivity contribution is 5.22. The number of aryl methyl sites for hydroxylation is 1. The van der Waals surface area contributed by atoms with Gasteiger partial charge in [-0.1, -0.05) is 0 Å². The van der Waals surface area contributed by atoms with Crippen molar-refractivity contribution in [3.63, 3.8) is 0 Å². The molecule has 3 nitrogen and oxygen atoms in total. The third-order valence-corrected chi connectivity index (χ3v) is 1.99. The Morgan fingerprint density at radius 2 is 2.50 bits per heavy atom. The van der Waals surface area contributed by atoms with E-state index in [1.807, 2.05) is 24.1 Å². The highest BCUT2D eigenvalue weighted by Crippen LogP contribution is 2.38. The second-order valence-electron chi connectivity index (χ2n) is 2.95. The maximum Gasteiger partial charge on any atom is 0.0525 e. The summed E-state index contributed by atoms with van der Waals surface area (Å²) >= 11 is 0. The van der Waals surface area contributed by atoms with Gasteiger partial charge in [-0.2, -0.15) is 5.10 Å². The Morgan fingerprint density at radius 3 is 2.90 bits per heavy atom. The SMILES string of the molecule is Cn1cc([C@@H]2C[C@H]2N)cn1. The average Bonchev–Trinajstić information content (AvgIpc) is 2.42. The lowest BCUT2D eigenvalue weighted by Gasteiger charge is -1.86. The lowest BCUT2D eigenvalue weighted by molar-refractivity contribution is 0.766. The second-order valence-corrected chi connectivity index (χ2v) is 2.95. The number of rotatable bonds is 1. The molecule has 0 aromatic carbocycles. The van der Waals surface area contributed by atoms with E-state index in [1.54, 1.807) is 0 Å². The molecule has 2 rings (SSSR count). The van der Waals surface area contributed by atoms with Gasteiger partial charge in [-0.3, -0.25) is 4.68 Å². The van der Waals surface area contributed by atoms with Crippen molar-refractivity contribution in [3.8, 4) is 0 Å². The lowest BCUT2D eigenvalue weighted by atomic mass is 10.2. The van der Waals surface area contributed by atoms with E-state index in [9.17, 15) is 0 Å². The van der Waals surface area contributed by atoms with Crippen molar-refractivity contribution in [3.05, 3.63) is 18.0 Å². The molecule has 2 atom stereocenters. The van der Waals surface area contributed by atoms with Crippen molar-refractivity contribution in [1.29, 1.82) is 0 Å². The van der Waals surface area contributed by atoms with E-state index >= 15 is 0 Å². The minimum atomic E-state index is 0.393. The van der Waals surface area contributed by atoms with Crippen LogP contribution in [0.1, 0.15) is 17.9 Å². The van der Waals surface area contributed by atoms with Crippen molar-refractivity contribution in [2.75, 3.05) is 0 Å². The molecule has 1 aromatic rings. The molecule has 54 valence electrons. The van der Waals surface area contributed by atoms with Gasteiger partial charge < -0.3 is 5.73 Å². The van der Waals surface area contributed by atoms with Crippen molar-refractivity contribution >= 4 is 0 Å². The molecular weight excluding hydrogens is 126 g/mol. The van der Waals surface area contributed by atoms with Gasteiger partial charge in [-0.25, -0.2) is 0 Å². The molecule has 0 saturated heterocycles. The molecule has 0 bridgehead atoms. The van der Waals surface area contributed by atoms with Crippen LogP contribution in [0.15, 0.2) is 12.4 Å². The van der Waals surface area contributed by atoms with Crippen LogP contribution < -0.4 is 5.73 Å². The van der Waals surface area contributed by atoms with Crippen LogP contribution in [0.3, 0.4) is 0 Å². The number of hydrogen-bond acceptors (Lipinski definition) is 2. The van der Waals surface area contributed by atoms with Gasteiger partial charge in [-0.05, 0) is 12.0 Å². The summed E-state index contributed by atoms with van der Waals surface area (Å²) < 4.78 is 1.82. The Hall–Kier alpha value is -0.830. The van der Waals surface area contributed by atoms with Gasteiger partial charge in [-0.15, -0.1) is 0 Å². The first kappa shape index (κ1) is 5.92. The van der Waals surface area contributed by atoms with Crippen molar-refractivity contribution < 1.29 is 0 Å². The zero-order valence-corrected chi connectivity index (χ0v) is 5.99. The third kappa shape index (κ3) is 0.827. The number of aromatic nitrogens is 2. The van der Waals surface area contributed by atoms with Crippen molar-refractivity contribution in [2.24, 2.45) is 12.8 Å². The molecule has 0 aliphatic heterocycles. The molecule has 1 aliphatic carbocycles. The average molecular weight is 137 g/mol.